The Morgan fingerprint density at radius 1 is 1.35 bits per heavy atom. The average Bonchev–Trinajstić information content (AvgIpc) is 2.31. The predicted octanol–water partition coefficient (Wildman–Crippen LogP) is 2.88. The number of nitrogens with zero attached hydrogens (tertiary/aromatic N) is 1. The Hall–Kier alpha value is -1.02. The zero-order valence-corrected chi connectivity index (χ0v) is 11.1. The first-order valence-corrected chi connectivity index (χ1v) is 6.78. The monoisotopic (exact) mass is 232 g/mol. The van der Waals surface area contributed by atoms with Crippen molar-refractivity contribution in [3.63, 3.8) is 0 Å². The normalized spacial score (nSPS) is 20.6. The molecule has 1 heterocycles. The van der Waals surface area contributed by atoms with Gasteiger partial charge in [0.05, 0.1) is 0 Å². The number of nitrogens with two attached hydrogens (primary N) is 1. The number of hydrogen-bond donors (Lipinski definition) is 1. The number of hydrogen-bond acceptors (Lipinski definition) is 2. The van der Waals surface area contributed by atoms with Gasteiger partial charge >= 0.3 is 0 Å². The minimum absolute atomic E-state index is 0.669. The van der Waals surface area contributed by atoms with Crippen molar-refractivity contribution in [2.45, 2.75) is 45.6 Å². The second-order valence-corrected chi connectivity index (χ2v) is 5.21. The highest BCUT2D eigenvalue weighted by molar-refractivity contribution is 5.56. The third kappa shape index (κ3) is 2.81. The molecule has 2 N–H and O–H groups in total. The fourth-order valence-electron chi connectivity index (χ4n) is 2.81. The Morgan fingerprint density at radius 2 is 2.18 bits per heavy atom. The van der Waals surface area contributed by atoms with Crippen molar-refractivity contribution in [3.8, 4) is 0 Å². The summed E-state index contributed by atoms with van der Waals surface area (Å²) in [5.41, 5.74) is 9.89. The molecule has 0 saturated carbocycles. The minimum Gasteiger partial charge on any atom is -0.369 e. The highest BCUT2D eigenvalue weighted by Crippen LogP contribution is 2.28. The maximum atomic E-state index is 5.73. The molecule has 0 aromatic heterocycles. The average molecular weight is 232 g/mol. The van der Waals surface area contributed by atoms with E-state index in [1.807, 2.05) is 0 Å². The molecule has 1 aliphatic heterocycles. The lowest BCUT2D eigenvalue weighted by Gasteiger charge is -2.37. The first-order valence-electron chi connectivity index (χ1n) is 6.78. The third-order valence-corrected chi connectivity index (χ3v) is 3.76. The fraction of sp³-hybridized carbons (Fsp3) is 0.600. The van der Waals surface area contributed by atoms with Crippen molar-refractivity contribution in [1.29, 1.82) is 0 Å². The van der Waals surface area contributed by atoms with Crippen LogP contribution in [-0.2, 0) is 6.42 Å². The van der Waals surface area contributed by atoms with Gasteiger partial charge in [-0.1, -0.05) is 17.7 Å². The van der Waals surface area contributed by atoms with Gasteiger partial charge in [0.1, 0.15) is 0 Å². The second kappa shape index (κ2) is 5.54. The molecule has 2 heteroatoms. The lowest BCUT2D eigenvalue weighted by molar-refractivity contribution is 0.483. The van der Waals surface area contributed by atoms with Gasteiger partial charge in [0.2, 0.25) is 0 Å². The van der Waals surface area contributed by atoms with Gasteiger partial charge in [0.25, 0.3) is 0 Å². The molecule has 0 spiro atoms. The highest BCUT2D eigenvalue weighted by atomic mass is 15.2. The van der Waals surface area contributed by atoms with E-state index in [4.69, 9.17) is 5.73 Å². The van der Waals surface area contributed by atoms with Crippen LogP contribution < -0.4 is 10.6 Å². The Labute approximate surface area is 105 Å². The van der Waals surface area contributed by atoms with Gasteiger partial charge in [-0.15, -0.1) is 0 Å². The molecular weight excluding hydrogens is 208 g/mol. The van der Waals surface area contributed by atoms with E-state index >= 15 is 0 Å². The highest BCUT2D eigenvalue weighted by Gasteiger charge is 2.20. The summed E-state index contributed by atoms with van der Waals surface area (Å²) in [5.74, 6) is 0. The standard InChI is InChI=1S/C15H24N2/c1-12-6-7-15(14(11-12)8-9-16)17-10-4-3-5-13(17)2/h6-7,11,13H,3-5,8-10,16H2,1-2H3. The van der Waals surface area contributed by atoms with Crippen LogP contribution in [0.3, 0.4) is 0 Å². The Bertz CT molecular complexity index is 373. The van der Waals surface area contributed by atoms with E-state index < -0.39 is 0 Å². The molecule has 1 fully saturated rings. The summed E-state index contributed by atoms with van der Waals surface area (Å²) in [4.78, 5) is 2.56. The van der Waals surface area contributed by atoms with Crippen LogP contribution in [-0.4, -0.2) is 19.1 Å². The fourth-order valence-corrected chi connectivity index (χ4v) is 2.81. The molecule has 1 unspecified atom stereocenters. The van der Waals surface area contributed by atoms with Crippen LogP contribution in [0.25, 0.3) is 0 Å². The van der Waals surface area contributed by atoms with Crippen LogP contribution in [0.15, 0.2) is 18.2 Å². The van der Waals surface area contributed by atoms with E-state index in [1.165, 1.54) is 42.6 Å². The van der Waals surface area contributed by atoms with E-state index in [1.54, 1.807) is 0 Å². The molecule has 94 valence electrons. The molecule has 0 radical (unpaired) electrons. The largest absolute Gasteiger partial charge is 0.369 e. The van der Waals surface area contributed by atoms with E-state index in [2.05, 4.69) is 36.9 Å². The topological polar surface area (TPSA) is 29.3 Å². The number of rotatable bonds is 3. The molecule has 2 nitrogen and oxygen atoms in total. The van der Waals surface area contributed by atoms with Crippen molar-refractivity contribution in [2.24, 2.45) is 5.73 Å². The van der Waals surface area contributed by atoms with Gasteiger partial charge in [-0.05, 0) is 57.7 Å². The van der Waals surface area contributed by atoms with Crippen molar-refractivity contribution in [3.05, 3.63) is 29.3 Å². The maximum Gasteiger partial charge on any atom is 0.0401 e. The number of anilines is 1. The zero-order chi connectivity index (χ0) is 12.3. The van der Waals surface area contributed by atoms with E-state index in [-0.39, 0.29) is 0 Å². The lowest BCUT2D eigenvalue weighted by atomic mass is 9.99. The summed E-state index contributed by atoms with van der Waals surface area (Å²) in [6, 6.07) is 7.46. The molecule has 1 aromatic rings. The number of benzene rings is 1. The van der Waals surface area contributed by atoms with Crippen LogP contribution in [0.5, 0.6) is 0 Å². The smallest absolute Gasteiger partial charge is 0.0401 e. The molecule has 1 saturated heterocycles. The Morgan fingerprint density at radius 3 is 2.88 bits per heavy atom. The lowest BCUT2D eigenvalue weighted by Crippen LogP contribution is -2.38. The van der Waals surface area contributed by atoms with Gasteiger partial charge in [-0.25, -0.2) is 0 Å². The van der Waals surface area contributed by atoms with Gasteiger partial charge in [0, 0.05) is 18.3 Å². The maximum absolute atomic E-state index is 5.73. The van der Waals surface area contributed by atoms with Gasteiger partial charge in [-0.2, -0.15) is 0 Å². The first kappa shape index (κ1) is 12.4. The predicted molar refractivity (Wildman–Crippen MR) is 74.6 cm³/mol. The summed E-state index contributed by atoms with van der Waals surface area (Å²) >= 11 is 0. The first-order chi connectivity index (χ1) is 8.22. The molecule has 1 aliphatic rings. The summed E-state index contributed by atoms with van der Waals surface area (Å²) < 4.78 is 0. The van der Waals surface area contributed by atoms with E-state index in [0.717, 1.165) is 13.0 Å². The van der Waals surface area contributed by atoms with Gasteiger partial charge in [-0.3, -0.25) is 0 Å². The van der Waals surface area contributed by atoms with E-state index in [9.17, 15) is 0 Å². The number of piperidine rings is 1. The molecule has 17 heavy (non-hydrogen) atoms. The minimum atomic E-state index is 0.669. The van der Waals surface area contributed by atoms with Gasteiger partial charge < -0.3 is 10.6 Å². The summed E-state index contributed by atoms with van der Waals surface area (Å²) in [6.07, 6.45) is 4.99. The molecule has 0 aliphatic carbocycles. The van der Waals surface area contributed by atoms with Crippen LogP contribution in [0.1, 0.15) is 37.3 Å². The molecule has 2 rings (SSSR count). The quantitative estimate of drug-likeness (QED) is 0.868. The van der Waals surface area contributed by atoms with Crippen molar-refractivity contribution >= 4 is 5.69 Å². The van der Waals surface area contributed by atoms with Crippen LogP contribution in [0.2, 0.25) is 0 Å². The SMILES string of the molecule is Cc1ccc(N2CCCCC2C)c(CCN)c1. The molecule has 1 atom stereocenters. The van der Waals surface area contributed by atoms with Crippen LogP contribution >= 0.6 is 0 Å². The molecule has 0 bridgehead atoms. The van der Waals surface area contributed by atoms with Crippen molar-refractivity contribution in [2.75, 3.05) is 18.0 Å². The third-order valence-electron chi connectivity index (χ3n) is 3.76. The summed E-state index contributed by atoms with van der Waals surface area (Å²) in [6.45, 7) is 6.43. The van der Waals surface area contributed by atoms with E-state index in [0.29, 0.717) is 6.04 Å². The second-order valence-electron chi connectivity index (χ2n) is 5.21. The van der Waals surface area contributed by atoms with Gasteiger partial charge in [0.15, 0.2) is 0 Å². The molecule has 0 amide bonds. The molecular formula is C15H24N2. The van der Waals surface area contributed by atoms with Crippen LogP contribution in [0.4, 0.5) is 5.69 Å². The number of aryl methyl sites for hydroxylation is 1. The van der Waals surface area contributed by atoms with Crippen molar-refractivity contribution in [1.82, 2.24) is 0 Å². The molecule has 1 aromatic carbocycles. The Kier molecular flexibility index (Phi) is 4.06. The zero-order valence-electron chi connectivity index (χ0n) is 11.1. The summed E-state index contributed by atoms with van der Waals surface area (Å²) in [7, 11) is 0. The summed E-state index contributed by atoms with van der Waals surface area (Å²) in [5, 5.41) is 0. The van der Waals surface area contributed by atoms with Crippen LogP contribution in [0, 0.1) is 6.92 Å². The Balaban J connectivity index is 2.29. The van der Waals surface area contributed by atoms with Crippen molar-refractivity contribution < 1.29 is 0 Å².